The lowest BCUT2D eigenvalue weighted by atomic mass is 9.87. The van der Waals surface area contributed by atoms with E-state index < -0.39 is 5.54 Å². The Morgan fingerprint density at radius 1 is 1.25 bits per heavy atom. The first-order chi connectivity index (χ1) is 13.4. The number of aromatic nitrogens is 2. The Morgan fingerprint density at radius 2 is 2.00 bits per heavy atom. The second-order valence-corrected chi connectivity index (χ2v) is 7.30. The summed E-state index contributed by atoms with van der Waals surface area (Å²) in [5.74, 6) is -0.0787. The maximum Gasteiger partial charge on any atom is 0.254 e. The number of carbonyl (C=O) groups is 2. The second kappa shape index (κ2) is 6.70. The summed E-state index contributed by atoms with van der Waals surface area (Å²) in [5.41, 5.74) is 8.69. The van der Waals surface area contributed by atoms with E-state index in [-0.39, 0.29) is 17.8 Å². The number of nitrogens with zero attached hydrogens (tertiary/aromatic N) is 4. The average Bonchev–Trinajstić information content (AvgIpc) is 2.96. The molecule has 3 N–H and O–H groups in total. The number of nitrogens with two attached hydrogens (primary N) is 1. The summed E-state index contributed by atoms with van der Waals surface area (Å²) in [6.45, 7) is 4.70. The number of amides is 2. The average molecular weight is 378 g/mol. The fraction of sp³-hybridized carbons (Fsp3) is 0.350. The van der Waals surface area contributed by atoms with Crippen molar-refractivity contribution in [1.29, 1.82) is 0 Å². The van der Waals surface area contributed by atoms with Crippen LogP contribution in [0, 0.1) is 13.8 Å². The lowest BCUT2D eigenvalue weighted by molar-refractivity contribution is -0.125. The highest BCUT2D eigenvalue weighted by Crippen LogP contribution is 2.30. The zero-order chi connectivity index (χ0) is 19.9. The summed E-state index contributed by atoms with van der Waals surface area (Å²) in [6, 6.07) is 7.43. The van der Waals surface area contributed by atoms with Crippen molar-refractivity contribution in [1.82, 2.24) is 20.2 Å². The van der Waals surface area contributed by atoms with Gasteiger partial charge in [-0.3, -0.25) is 19.9 Å². The first-order valence-corrected chi connectivity index (χ1v) is 9.25. The number of carbonyl (C=O) groups excluding carboxylic acids is 2. The first-order valence-electron chi connectivity index (χ1n) is 9.25. The summed E-state index contributed by atoms with van der Waals surface area (Å²) < 4.78 is 0. The van der Waals surface area contributed by atoms with E-state index in [2.05, 4.69) is 20.3 Å². The number of hydrogen-bond acceptors (Lipinski definition) is 6. The molecule has 144 valence electrons. The van der Waals surface area contributed by atoms with Gasteiger partial charge >= 0.3 is 0 Å². The van der Waals surface area contributed by atoms with Gasteiger partial charge in [-0.15, -0.1) is 0 Å². The molecule has 3 heterocycles. The van der Waals surface area contributed by atoms with E-state index in [0.29, 0.717) is 31.5 Å². The molecule has 0 saturated carbocycles. The molecule has 28 heavy (non-hydrogen) atoms. The van der Waals surface area contributed by atoms with E-state index >= 15 is 0 Å². The Balaban J connectivity index is 1.54. The van der Waals surface area contributed by atoms with Crippen LogP contribution in [0.3, 0.4) is 0 Å². The van der Waals surface area contributed by atoms with Crippen LogP contribution in [0.4, 0.5) is 0 Å². The van der Waals surface area contributed by atoms with Gasteiger partial charge in [-0.25, -0.2) is 9.98 Å². The van der Waals surface area contributed by atoms with Gasteiger partial charge in [0.1, 0.15) is 5.54 Å². The standard InChI is InChI=1S/C20H22N6O2/c1-12-11-22-13(2)16(23-12)14-4-3-5-15(10-14)17(27)26-8-6-20(7-9-26)18(28)24-19(21)25-20/h3-5,10-11H,6-9H2,1-2H3,(H3,21,24,25,28). The fourth-order valence-corrected chi connectivity index (χ4v) is 3.75. The SMILES string of the molecule is Cc1cnc(C)c(-c2cccc(C(=O)N3CCC4(CC3)N=C(N)NC4=O)c2)n1. The van der Waals surface area contributed by atoms with Gasteiger partial charge in [-0.1, -0.05) is 12.1 Å². The maximum atomic E-state index is 13.0. The molecule has 0 aliphatic carbocycles. The third kappa shape index (κ3) is 3.11. The van der Waals surface area contributed by atoms with E-state index in [9.17, 15) is 9.59 Å². The topological polar surface area (TPSA) is 114 Å². The molecule has 0 bridgehead atoms. The minimum absolute atomic E-state index is 0.0645. The molecule has 0 unspecified atom stereocenters. The molecule has 4 rings (SSSR count). The highest BCUT2D eigenvalue weighted by molar-refractivity contribution is 6.07. The summed E-state index contributed by atoms with van der Waals surface area (Å²) in [5, 5.41) is 2.56. The van der Waals surface area contributed by atoms with Gasteiger partial charge in [-0.2, -0.15) is 0 Å². The predicted molar refractivity (Wildman–Crippen MR) is 105 cm³/mol. The van der Waals surface area contributed by atoms with Gasteiger partial charge in [0.05, 0.1) is 17.1 Å². The van der Waals surface area contributed by atoms with E-state index in [1.165, 1.54) is 0 Å². The summed E-state index contributed by atoms with van der Waals surface area (Å²) >= 11 is 0. The van der Waals surface area contributed by atoms with Gasteiger partial charge < -0.3 is 10.6 Å². The fourth-order valence-electron chi connectivity index (χ4n) is 3.75. The largest absolute Gasteiger partial charge is 0.370 e. The molecular weight excluding hydrogens is 356 g/mol. The van der Waals surface area contributed by atoms with Gasteiger partial charge in [0, 0.05) is 30.4 Å². The number of guanidine groups is 1. The molecule has 8 heteroatoms. The Bertz CT molecular complexity index is 992. The minimum atomic E-state index is -0.822. The lowest BCUT2D eigenvalue weighted by Gasteiger charge is -2.35. The molecule has 1 aromatic carbocycles. The smallest absolute Gasteiger partial charge is 0.254 e. The number of benzene rings is 1. The van der Waals surface area contributed by atoms with Gasteiger partial charge in [0.25, 0.3) is 11.8 Å². The van der Waals surface area contributed by atoms with Crippen molar-refractivity contribution in [2.45, 2.75) is 32.2 Å². The molecule has 1 fully saturated rings. The van der Waals surface area contributed by atoms with Crippen LogP contribution in [-0.2, 0) is 4.79 Å². The van der Waals surface area contributed by atoms with Crippen molar-refractivity contribution >= 4 is 17.8 Å². The quantitative estimate of drug-likeness (QED) is 0.815. The number of rotatable bonds is 2. The van der Waals surface area contributed by atoms with E-state index in [4.69, 9.17) is 5.73 Å². The third-order valence-electron chi connectivity index (χ3n) is 5.34. The molecule has 2 aliphatic heterocycles. The van der Waals surface area contributed by atoms with E-state index in [1.807, 2.05) is 32.0 Å². The number of aliphatic imine (C=N–C) groups is 1. The maximum absolute atomic E-state index is 13.0. The molecule has 1 saturated heterocycles. The third-order valence-corrected chi connectivity index (χ3v) is 5.34. The highest BCUT2D eigenvalue weighted by atomic mass is 16.2. The van der Waals surface area contributed by atoms with E-state index in [1.54, 1.807) is 17.2 Å². The van der Waals surface area contributed by atoms with Gasteiger partial charge in [-0.05, 0) is 38.8 Å². The van der Waals surface area contributed by atoms with Crippen molar-refractivity contribution in [3.8, 4) is 11.3 Å². The van der Waals surface area contributed by atoms with Crippen LogP contribution in [0.2, 0.25) is 0 Å². The molecule has 0 radical (unpaired) electrons. The Kier molecular flexibility index (Phi) is 4.33. The van der Waals surface area contributed by atoms with Crippen molar-refractivity contribution in [3.63, 3.8) is 0 Å². The summed E-state index contributed by atoms with van der Waals surface area (Å²) in [4.78, 5) is 40.1. The predicted octanol–water partition coefficient (Wildman–Crippen LogP) is 1.18. The van der Waals surface area contributed by atoms with Crippen molar-refractivity contribution in [2.24, 2.45) is 10.7 Å². The van der Waals surface area contributed by atoms with Crippen molar-refractivity contribution in [2.75, 3.05) is 13.1 Å². The van der Waals surface area contributed by atoms with Crippen LogP contribution in [0.5, 0.6) is 0 Å². The Labute approximate surface area is 162 Å². The van der Waals surface area contributed by atoms with Crippen LogP contribution >= 0.6 is 0 Å². The monoisotopic (exact) mass is 378 g/mol. The molecule has 2 aliphatic rings. The molecule has 2 amide bonds. The normalized spacial score (nSPS) is 18.1. The van der Waals surface area contributed by atoms with Crippen LogP contribution in [0.25, 0.3) is 11.3 Å². The zero-order valence-electron chi connectivity index (χ0n) is 15.9. The van der Waals surface area contributed by atoms with Crippen molar-refractivity contribution < 1.29 is 9.59 Å². The van der Waals surface area contributed by atoms with Crippen LogP contribution in [-0.4, -0.2) is 51.3 Å². The highest BCUT2D eigenvalue weighted by Gasteiger charge is 2.46. The molecule has 8 nitrogen and oxygen atoms in total. The summed E-state index contributed by atoms with van der Waals surface area (Å²) in [6.07, 6.45) is 2.66. The first kappa shape index (κ1) is 18.1. The van der Waals surface area contributed by atoms with Crippen LogP contribution in [0.15, 0.2) is 35.5 Å². The number of nitrogens with one attached hydrogen (secondary N) is 1. The number of aryl methyl sites for hydroxylation is 2. The molecule has 1 spiro atoms. The Morgan fingerprint density at radius 3 is 2.68 bits per heavy atom. The minimum Gasteiger partial charge on any atom is -0.370 e. The zero-order valence-corrected chi connectivity index (χ0v) is 15.9. The van der Waals surface area contributed by atoms with Crippen molar-refractivity contribution in [3.05, 3.63) is 47.4 Å². The number of hydrogen-bond donors (Lipinski definition) is 2. The molecule has 2 aromatic rings. The van der Waals surface area contributed by atoms with Crippen LogP contribution in [0.1, 0.15) is 34.6 Å². The number of piperidine rings is 1. The van der Waals surface area contributed by atoms with E-state index in [0.717, 1.165) is 22.6 Å². The Hall–Kier alpha value is -3.29. The van der Waals surface area contributed by atoms with Gasteiger partial charge in [0.2, 0.25) is 0 Å². The van der Waals surface area contributed by atoms with Gasteiger partial charge in [0.15, 0.2) is 5.96 Å². The molecule has 0 atom stereocenters. The summed E-state index contributed by atoms with van der Waals surface area (Å²) in [7, 11) is 0. The van der Waals surface area contributed by atoms with Crippen LogP contribution < -0.4 is 11.1 Å². The molecule has 1 aromatic heterocycles. The lowest BCUT2D eigenvalue weighted by Crippen LogP contribution is -2.50. The molecular formula is C20H22N6O2. The second-order valence-electron chi connectivity index (χ2n) is 7.30. The number of likely N-dealkylation sites (tertiary alicyclic amines) is 1.